The van der Waals surface area contributed by atoms with Crippen molar-refractivity contribution in [1.29, 1.82) is 0 Å². The van der Waals surface area contributed by atoms with Gasteiger partial charge in [0.15, 0.2) is 12.0 Å². The first kappa shape index (κ1) is 10.3. The van der Waals surface area contributed by atoms with Crippen molar-refractivity contribution in [3.8, 4) is 0 Å². The molecule has 5 nitrogen and oxygen atoms in total. The molecular weight excluding hydrogens is 184 g/mol. The van der Waals surface area contributed by atoms with Crippen LogP contribution in [0.5, 0.6) is 0 Å². The van der Waals surface area contributed by atoms with Crippen LogP contribution in [-0.2, 0) is 14.3 Å². The minimum Gasteiger partial charge on any atom is -0.461 e. The zero-order valence-corrected chi connectivity index (χ0v) is 8.16. The number of nitrogens with one attached hydrogen (secondary N) is 1. The molecule has 0 atom stereocenters. The SMILES string of the molecule is C=C1NN(C)C(C(=O)OCC)=C1C=O. The number of aldehydes is 1. The Labute approximate surface area is 82.0 Å². The second-order valence-electron chi connectivity index (χ2n) is 2.75. The smallest absolute Gasteiger partial charge is 0.357 e. The van der Waals surface area contributed by atoms with Crippen molar-refractivity contribution in [3.63, 3.8) is 0 Å². The van der Waals surface area contributed by atoms with Crippen molar-refractivity contribution in [2.24, 2.45) is 0 Å². The second-order valence-corrected chi connectivity index (χ2v) is 2.75. The third-order valence-corrected chi connectivity index (χ3v) is 1.80. The number of esters is 1. The highest BCUT2D eigenvalue weighted by Gasteiger charge is 2.28. The number of ether oxygens (including phenoxy) is 1. The molecule has 0 aromatic heterocycles. The first-order valence-electron chi connectivity index (χ1n) is 4.18. The summed E-state index contributed by atoms with van der Waals surface area (Å²) >= 11 is 0. The maximum atomic E-state index is 11.4. The van der Waals surface area contributed by atoms with Crippen LogP contribution in [0.2, 0.25) is 0 Å². The summed E-state index contributed by atoms with van der Waals surface area (Å²) < 4.78 is 4.80. The molecule has 1 aliphatic rings. The Balaban J connectivity index is 3.02. The molecule has 0 fully saturated rings. The quantitative estimate of drug-likeness (QED) is 0.507. The lowest BCUT2D eigenvalue weighted by Gasteiger charge is -2.14. The number of hydrogen-bond acceptors (Lipinski definition) is 5. The average Bonchev–Trinajstić information content (AvgIpc) is 2.40. The molecule has 1 heterocycles. The van der Waals surface area contributed by atoms with Crippen LogP contribution in [0, 0.1) is 0 Å². The first-order valence-corrected chi connectivity index (χ1v) is 4.18. The normalized spacial score (nSPS) is 15.6. The lowest BCUT2D eigenvalue weighted by Crippen LogP contribution is -2.30. The van der Waals surface area contributed by atoms with Gasteiger partial charge in [0.1, 0.15) is 0 Å². The van der Waals surface area contributed by atoms with Crippen LogP contribution < -0.4 is 5.43 Å². The molecule has 0 radical (unpaired) electrons. The largest absolute Gasteiger partial charge is 0.461 e. The van der Waals surface area contributed by atoms with E-state index < -0.39 is 5.97 Å². The molecular formula is C9H12N2O3. The summed E-state index contributed by atoms with van der Waals surface area (Å²) in [5.74, 6) is -0.525. The van der Waals surface area contributed by atoms with E-state index in [1.54, 1.807) is 14.0 Å². The summed E-state index contributed by atoms with van der Waals surface area (Å²) in [4.78, 5) is 22.1. The fourth-order valence-corrected chi connectivity index (χ4v) is 1.22. The summed E-state index contributed by atoms with van der Waals surface area (Å²) in [6.45, 7) is 5.58. The van der Waals surface area contributed by atoms with Gasteiger partial charge in [-0.15, -0.1) is 0 Å². The van der Waals surface area contributed by atoms with Crippen LogP contribution in [0.15, 0.2) is 23.5 Å². The van der Waals surface area contributed by atoms with Gasteiger partial charge in [-0.3, -0.25) is 15.2 Å². The van der Waals surface area contributed by atoms with Crippen LogP contribution in [0.1, 0.15) is 6.92 Å². The molecule has 76 valence electrons. The Bertz CT molecular complexity index is 320. The van der Waals surface area contributed by atoms with E-state index in [4.69, 9.17) is 4.74 Å². The monoisotopic (exact) mass is 196 g/mol. The van der Waals surface area contributed by atoms with Crippen molar-refractivity contribution >= 4 is 12.3 Å². The molecule has 0 amide bonds. The average molecular weight is 196 g/mol. The highest BCUT2D eigenvalue weighted by Crippen LogP contribution is 2.20. The van der Waals surface area contributed by atoms with E-state index >= 15 is 0 Å². The third kappa shape index (κ3) is 1.61. The fourth-order valence-electron chi connectivity index (χ4n) is 1.22. The van der Waals surface area contributed by atoms with Crippen LogP contribution in [0.3, 0.4) is 0 Å². The number of carbonyl (C=O) groups is 2. The minimum absolute atomic E-state index is 0.201. The Morgan fingerprint density at radius 1 is 1.71 bits per heavy atom. The van der Waals surface area contributed by atoms with E-state index in [1.807, 2.05) is 0 Å². The Morgan fingerprint density at radius 3 is 2.86 bits per heavy atom. The van der Waals surface area contributed by atoms with Crippen LogP contribution in [-0.4, -0.2) is 30.9 Å². The lowest BCUT2D eigenvalue weighted by molar-refractivity contribution is -0.140. The topological polar surface area (TPSA) is 58.6 Å². The molecule has 14 heavy (non-hydrogen) atoms. The standard InChI is InChI=1S/C9H12N2O3/c1-4-14-9(13)8-7(5-12)6(2)10-11(8)3/h5,10H,2,4H2,1,3H3. The highest BCUT2D eigenvalue weighted by molar-refractivity contribution is 5.98. The maximum absolute atomic E-state index is 11.4. The van der Waals surface area contributed by atoms with Gasteiger partial charge in [-0.25, -0.2) is 4.79 Å². The molecule has 0 spiro atoms. The number of carbonyl (C=O) groups excluding carboxylic acids is 2. The van der Waals surface area contributed by atoms with Crippen molar-refractivity contribution in [1.82, 2.24) is 10.4 Å². The van der Waals surface area contributed by atoms with E-state index in [0.717, 1.165) is 0 Å². The summed E-state index contributed by atoms with van der Waals surface area (Å²) in [7, 11) is 1.62. The molecule has 0 unspecified atom stereocenters. The number of rotatable bonds is 3. The van der Waals surface area contributed by atoms with Gasteiger partial charge in [-0.1, -0.05) is 6.58 Å². The number of hydrogen-bond donors (Lipinski definition) is 1. The molecule has 1 N–H and O–H groups in total. The van der Waals surface area contributed by atoms with Gasteiger partial charge in [-0.05, 0) is 6.92 Å². The van der Waals surface area contributed by atoms with Crippen molar-refractivity contribution in [2.45, 2.75) is 6.92 Å². The van der Waals surface area contributed by atoms with Crippen molar-refractivity contribution in [2.75, 3.05) is 13.7 Å². The van der Waals surface area contributed by atoms with Gasteiger partial charge in [0.2, 0.25) is 0 Å². The molecule has 0 aromatic rings. The number of nitrogens with zero attached hydrogens (tertiary/aromatic N) is 1. The summed E-state index contributed by atoms with van der Waals surface area (Å²) in [6, 6.07) is 0. The summed E-state index contributed by atoms with van der Waals surface area (Å²) in [5, 5.41) is 1.42. The zero-order chi connectivity index (χ0) is 10.7. The predicted octanol–water partition coefficient (Wildman–Crippen LogP) is -0.0338. The Morgan fingerprint density at radius 2 is 2.36 bits per heavy atom. The first-order chi connectivity index (χ1) is 6.61. The van der Waals surface area contributed by atoms with Crippen LogP contribution >= 0.6 is 0 Å². The zero-order valence-electron chi connectivity index (χ0n) is 8.16. The summed E-state index contributed by atoms with van der Waals surface area (Å²) in [5.41, 5.74) is 3.59. The second kappa shape index (κ2) is 3.95. The molecule has 0 saturated carbocycles. The van der Waals surface area contributed by atoms with E-state index in [0.29, 0.717) is 12.0 Å². The molecule has 1 aliphatic heterocycles. The summed E-state index contributed by atoms with van der Waals surface area (Å²) in [6.07, 6.45) is 0.588. The van der Waals surface area contributed by atoms with Gasteiger partial charge in [-0.2, -0.15) is 0 Å². The third-order valence-electron chi connectivity index (χ3n) is 1.80. The van der Waals surface area contributed by atoms with Gasteiger partial charge in [0, 0.05) is 7.05 Å². The van der Waals surface area contributed by atoms with Crippen LogP contribution in [0.4, 0.5) is 0 Å². The van der Waals surface area contributed by atoms with Crippen LogP contribution in [0.25, 0.3) is 0 Å². The highest BCUT2D eigenvalue weighted by atomic mass is 16.5. The Kier molecular flexibility index (Phi) is 2.91. The number of hydrazine groups is 1. The predicted molar refractivity (Wildman–Crippen MR) is 49.8 cm³/mol. The molecule has 0 saturated heterocycles. The number of likely N-dealkylation sites (N-methyl/N-ethyl adjacent to an activating group) is 1. The minimum atomic E-state index is -0.525. The van der Waals surface area contributed by atoms with Crippen molar-refractivity contribution < 1.29 is 14.3 Å². The molecule has 0 bridgehead atoms. The Hall–Kier alpha value is -1.78. The van der Waals surface area contributed by atoms with Gasteiger partial charge in [0.05, 0.1) is 17.9 Å². The lowest BCUT2D eigenvalue weighted by atomic mass is 10.2. The molecule has 0 aromatic carbocycles. The van der Waals surface area contributed by atoms with Crippen molar-refractivity contribution in [3.05, 3.63) is 23.5 Å². The molecule has 0 aliphatic carbocycles. The van der Waals surface area contributed by atoms with Gasteiger partial charge >= 0.3 is 5.97 Å². The number of allylic oxidation sites excluding steroid dienone is 1. The van der Waals surface area contributed by atoms with Gasteiger partial charge in [0.25, 0.3) is 0 Å². The molecule has 1 rings (SSSR count). The van der Waals surface area contributed by atoms with E-state index in [2.05, 4.69) is 12.0 Å². The molecule has 5 heteroatoms. The van der Waals surface area contributed by atoms with Gasteiger partial charge < -0.3 is 4.74 Å². The van der Waals surface area contributed by atoms with E-state index in [9.17, 15) is 9.59 Å². The van der Waals surface area contributed by atoms with E-state index in [-0.39, 0.29) is 17.9 Å². The maximum Gasteiger partial charge on any atom is 0.357 e. The van der Waals surface area contributed by atoms with E-state index in [1.165, 1.54) is 5.01 Å². The fraction of sp³-hybridized carbons (Fsp3) is 0.333.